The van der Waals surface area contributed by atoms with Crippen molar-refractivity contribution in [1.82, 2.24) is 4.90 Å². The van der Waals surface area contributed by atoms with Crippen LogP contribution in [-0.4, -0.2) is 41.0 Å². The van der Waals surface area contributed by atoms with Crippen LogP contribution < -0.4 is 0 Å². The Morgan fingerprint density at radius 3 is 1.96 bits per heavy atom. The summed E-state index contributed by atoms with van der Waals surface area (Å²) in [5.41, 5.74) is 8.76. The van der Waals surface area contributed by atoms with E-state index in [0.717, 1.165) is 19.3 Å². The Hall–Kier alpha value is -1.75. The largest absolute Gasteiger partial charge is 0.480 e. The molecule has 0 bridgehead atoms. The van der Waals surface area contributed by atoms with Gasteiger partial charge in [0.25, 0.3) is 0 Å². The second-order valence-corrected chi connectivity index (χ2v) is 7.63. The number of hydrogen-bond donors (Lipinski definition) is 1. The number of nitrogens with zero attached hydrogens (tertiary/aromatic N) is 4. The van der Waals surface area contributed by atoms with E-state index in [0.29, 0.717) is 12.8 Å². The van der Waals surface area contributed by atoms with Crippen LogP contribution in [0.15, 0.2) is 5.11 Å². The fourth-order valence-electron chi connectivity index (χ4n) is 3.45. The molecule has 0 aliphatic rings. The van der Waals surface area contributed by atoms with Crippen LogP contribution in [0.5, 0.6) is 0 Å². The van der Waals surface area contributed by atoms with Crippen molar-refractivity contribution < 1.29 is 14.7 Å². The number of amides is 1. The fourth-order valence-corrected chi connectivity index (χ4v) is 3.45. The molecule has 162 valence electrons. The van der Waals surface area contributed by atoms with Gasteiger partial charge in [-0.2, -0.15) is 0 Å². The number of carboxylic acids is 1. The molecule has 0 fully saturated rings. The van der Waals surface area contributed by atoms with Crippen molar-refractivity contribution in [1.29, 1.82) is 0 Å². The van der Waals surface area contributed by atoms with Crippen molar-refractivity contribution in [3.63, 3.8) is 0 Å². The number of carboxylic acid groups (broad SMARTS) is 1. The maximum Gasteiger partial charge on any atom is 0.326 e. The third-order valence-corrected chi connectivity index (χ3v) is 5.33. The van der Waals surface area contributed by atoms with E-state index in [-0.39, 0.29) is 18.4 Å². The topological polar surface area (TPSA) is 106 Å². The average Bonchev–Trinajstić information content (AvgIpc) is 2.67. The first-order chi connectivity index (χ1) is 13.5. The molecule has 0 spiro atoms. The molecule has 2 atom stereocenters. The number of azide groups is 1. The Morgan fingerprint density at radius 2 is 1.50 bits per heavy atom. The van der Waals surface area contributed by atoms with Gasteiger partial charge in [-0.05, 0) is 24.8 Å². The monoisotopic (exact) mass is 396 g/mol. The highest BCUT2D eigenvalue weighted by Crippen LogP contribution is 2.16. The number of unbranched alkanes of at least 4 members (excludes halogenated alkanes) is 9. The first-order valence-electron chi connectivity index (χ1n) is 11.0. The Morgan fingerprint density at radius 1 is 0.964 bits per heavy atom. The molecule has 2 unspecified atom stereocenters. The summed E-state index contributed by atoms with van der Waals surface area (Å²) in [5, 5.41) is 13.0. The Balaban J connectivity index is 4.02. The standard InChI is InChI=1S/C21H40N4O3/c1-4-6-7-8-9-10-11-12-13-14-15-18(23-24-22)16-17-20(26)25(3)19(5-2)21(27)28/h18-19H,4-17H2,1-3H3,(H,27,28). The van der Waals surface area contributed by atoms with Crippen molar-refractivity contribution in [3.8, 4) is 0 Å². The Bertz CT molecular complexity index is 478. The number of carbonyl (C=O) groups is 2. The number of likely N-dealkylation sites (N-methyl/N-ethyl adjacent to an activating group) is 1. The van der Waals surface area contributed by atoms with Gasteiger partial charge in [-0.1, -0.05) is 83.2 Å². The van der Waals surface area contributed by atoms with Gasteiger partial charge in [-0.15, -0.1) is 0 Å². The van der Waals surface area contributed by atoms with Crippen LogP contribution in [0.25, 0.3) is 10.4 Å². The molecule has 0 aromatic heterocycles. The van der Waals surface area contributed by atoms with Crippen molar-refractivity contribution in [3.05, 3.63) is 10.4 Å². The Kier molecular flexibility index (Phi) is 16.3. The summed E-state index contributed by atoms with van der Waals surface area (Å²) in [6.45, 7) is 3.98. The summed E-state index contributed by atoms with van der Waals surface area (Å²) in [7, 11) is 1.52. The lowest BCUT2D eigenvalue weighted by atomic mass is 10.0. The summed E-state index contributed by atoms with van der Waals surface area (Å²) in [5.74, 6) is -1.20. The first-order valence-corrected chi connectivity index (χ1v) is 11.0. The van der Waals surface area contributed by atoms with E-state index in [1.807, 2.05) is 0 Å². The molecule has 1 amide bonds. The Labute approximate surface area is 170 Å². The number of carbonyl (C=O) groups excluding carboxylic acids is 1. The number of aliphatic carboxylic acids is 1. The molecule has 0 saturated carbocycles. The molecular weight excluding hydrogens is 356 g/mol. The average molecular weight is 397 g/mol. The zero-order chi connectivity index (χ0) is 21.2. The van der Waals surface area contributed by atoms with Crippen LogP contribution in [-0.2, 0) is 9.59 Å². The zero-order valence-electron chi connectivity index (χ0n) is 18.1. The molecule has 0 aliphatic carbocycles. The minimum atomic E-state index is -0.990. The van der Waals surface area contributed by atoms with Gasteiger partial charge in [-0.25, -0.2) is 4.79 Å². The highest BCUT2D eigenvalue weighted by molar-refractivity contribution is 5.83. The third-order valence-electron chi connectivity index (χ3n) is 5.33. The predicted octanol–water partition coefficient (Wildman–Crippen LogP) is 6.08. The minimum Gasteiger partial charge on any atom is -0.480 e. The maximum atomic E-state index is 12.2. The highest BCUT2D eigenvalue weighted by atomic mass is 16.4. The summed E-state index contributed by atoms with van der Waals surface area (Å²) in [4.78, 5) is 27.6. The van der Waals surface area contributed by atoms with Gasteiger partial charge < -0.3 is 10.0 Å². The lowest BCUT2D eigenvalue weighted by Crippen LogP contribution is -2.42. The van der Waals surface area contributed by atoms with E-state index in [2.05, 4.69) is 16.9 Å². The van der Waals surface area contributed by atoms with Crippen molar-refractivity contribution in [2.24, 2.45) is 5.11 Å². The molecule has 1 N–H and O–H groups in total. The molecule has 28 heavy (non-hydrogen) atoms. The van der Waals surface area contributed by atoms with Crippen LogP contribution in [0.1, 0.15) is 104 Å². The molecule has 7 nitrogen and oxygen atoms in total. The molecule has 0 aliphatic heterocycles. The van der Waals surface area contributed by atoms with Gasteiger partial charge >= 0.3 is 5.97 Å². The van der Waals surface area contributed by atoms with Gasteiger partial charge in [-0.3, -0.25) is 4.79 Å². The molecule has 0 aromatic carbocycles. The predicted molar refractivity (Wildman–Crippen MR) is 113 cm³/mol. The summed E-state index contributed by atoms with van der Waals surface area (Å²) in [6.07, 6.45) is 14.4. The fraction of sp³-hybridized carbons (Fsp3) is 0.905. The zero-order valence-corrected chi connectivity index (χ0v) is 18.1. The first kappa shape index (κ1) is 26.2. The van der Waals surface area contributed by atoms with Crippen molar-refractivity contribution >= 4 is 11.9 Å². The number of rotatable bonds is 18. The summed E-state index contributed by atoms with van der Waals surface area (Å²) < 4.78 is 0. The van der Waals surface area contributed by atoms with Gasteiger partial charge in [0.2, 0.25) is 5.91 Å². The molecule has 0 rings (SSSR count). The van der Waals surface area contributed by atoms with Crippen LogP contribution in [0, 0.1) is 0 Å². The maximum absolute atomic E-state index is 12.2. The summed E-state index contributed by atoms with van der Waals surface area (Å²) >= 11 is 0. The van der Waals surface area contributed by atoms with Gasteiger partial charge in [0.05, 0.1) is 0 Å². The number of hydrogen-bond acceptors (Lipinski definition) is 3. The lowest BCUT2D eigenvalue weighted by molar-refractivity contribution is -0.149. The SMILES string of the molecule is CCCCCCCCCCCCC(CCC(=O)N(C)C(CC)C(=O)O)N=[N+]=[N-]. The van der Waals surface area contributed by atoms with E-state index in [4.69, 9.17) is 10.6 Å². The van der Waals surface area contributed by atoms with Crippen LogP contribution in [0.3, 0.4) is 0 Å². The van der Waals surface area contributed by atoms with E-state index < -0.39 is 12.0 Å². The van der Waals surface area contributed by atoms with Crippen LogP contribution in [0.2, 0.25) is 0 Å². The van der Waals surface area contributed by atoms with Crippen molar-refractivity contribution in [2.75, 3.05) is 7.05 Å². The summed E-state index contributed by atoms with van der Waals surface area (Å²) in [6, 6.07) is -0.992. The van der Waals surface area contributed by atoms with Crippen LogP contribution >= 0.6 is 0 Å². The van der Waals surface area contributed by atoms with Crippen molar-refractivity contribution in [2.45, 2.75) is 116 Å². The molecule has 0 saturated heterocycles. The van der Waals surface area contributed by atoms with E-state index in [9.17, 15) is 9.59 Å². The van der Waals surface area contributed by atoms with E-state index in [1.165, 1.54) is 63.3 Å². The van der Waals surface area contributed by atoms with Crippen LogP contribution in [0.4, 0.5) is 0 Å². The second kappa shape index (κ2) is 17.4. The third kappa shape index (κ3) is 12.6. The minimum absolute atomic E-state index is 0.193. The van der Waals surface area contributed by atoms with E-state index >= 15 is 0 Å². The van der Waals surface area contributed by atoms with Gasteiger partial charge in [0.1, 0.15) is 6.04 Å². The molecule has 0 radical (unpaired) electrons. The molecule has 0 aromatic rings. The smallest absolute Gasteiger partial charge is 0.326 e. The normalized spacial score (nSPS) is 12.8. The quantitative estimate of drug-likeness (QED) is 0.131. The lowest BCUT2D eigenvalue weighted by Gasteiger charge is -2.24. The highest BCUT2D eigenvalue weighted by Gasteiger charge is 2.24. The molecule has 0 heterocycles. The second-order valence-electron chi connectivity index (χ2n) is 7.63. The molecular formula is C21H40N4O3. The molecule has 7 heteroatoms. The van der Waals surface area contributed by atoms with Gasteiger partial charge in [0.15, 0.2) is 0 Å². The van der Waals surface area contributed by atoms with E-state index in [1.54, 1.807) is 6.92 Å². The van der Waals surface area contributed by atoms with Gasteiger partial charge in [0, 0.05) is 24.4 Å².